The molecule has 0 aliphatic heterocycles. The highest BCUT2D eigenvalue weighted by Crippen LogP contribution is 2.35. The van der Waals surface area contributed by atoms with Crippen LogP contribution in [0.5, 0.6) is 0 Å². The number of ether oxygens (including phenoxy) is 6. The number of carboxylic acids is 1. The molecule has 1 fully saturated rings. The lowest BCUT2D eigenvalue weighted by atomic mass is 9.73. The standard InChI is InChI=1S/C20H38O8/c1-18-2-3-19(18)4-6-23-8-10-25-12-14-27-16-17-28-15-13-26-11-9-24-7-5-20(21)22/h18-19H,2-17H2,1H3,(H,21,22). The normalized spacial score (nSPS) is 18.9. The van der Waals surface area contributed by atoms with Gasteiger partial charge in [0.2, 0.25) is 0 Å². The molecule has 166 valence electrons. The molecule has 1 rings (SSSR count). The van der Waals surface area contributed by atoms with Gasteiger partial charge in [-0.15, -0.1) is 0 Å². The van der Waals surface area contributed by atoms with Crippen molar-refractivity contribution in [1.29, 1.82) is 0 Å². The maximum Gasteiger partial charge on any atom is 0.305 e. The van der Waals surface area contributed by atoms with E-state index >= 15 is 0 Å². The van der Waals surface area contributed by atoms with Crippen LogP contribution >= 0.6 is 0 Å². The second-order valence-corrected chi connectivity index (χ2v) is 6.92. The molecule has 1 aliphatic carbocycles. The van der Waals surface area contributed by atoms with Crippen LogP contribution in [0, 0.1) is 11.8 Å². The Morgan fingerprint density at radius 1 is 0.679 bits per heavy atom. The molecular weight excluding hydrogens is 368 g/mol. The highest BCUT2D eigenvalue weighted by Gasteiger charge is 2.25. The van der Waals surface area contributed by atoms with Gasteiger partial charge in [0.1, 0.15) is 0 Å². The molecular formula is C20H38O8. The smallest absolute Gasteiger partial charge is 0.305 e. The Kier molecular flexibility index (Phi) is 16.5. The summed E-state index contributed by atoms with van der Waals surface area (Å²) in [5, 5.41) is 8.44. The van der Waals surface area contributed by atoms with Crippen LogP contribution in [0.2, 0.25) is 0 Å². The quantitative estimate of drug-likeness (QED) is 0.289. The second-order valence-electron chi connectivity index (χ2n) is 6.92. The van der Waals surface area contributed by atoms with Gasteiger partial charge in [-0.1, -0.05) is 13.3 Å². The predicted molar refractivity (Wildman–Crippen MR) is 104 cm³/mol. The molecule has 1 aliphatic rings. The Labute approximate surface area is 168 Å². The minimum atomic E-state index is -0.860. The van der Waals surface area contributed by atoms with Crippen molar-refractivity contribution in [2.75, 3.05) is 79.3 Å². The zero-order chi connectivity index (χ0) is 20.3. The number of carbonyl (C=O) groups is 1. The van der Waals surface area contributed by atoms with Crippen molar-refractivity contribution in [3.8, 4) is 0 Å². The number of rotatable bonds is 21. The summed E-state index contributed by atoms with van der Waals surface area (Å²) in [7, 11) is 0. The maximum absolute atomic E-state index is 10.3. The first-order valence-electron chi connectivity index (χ1n) is 10.4. The van der Waals surface area contributed by atoms with Crippen LogP contribution in [-0.2, 0) is 33.2 Å². The van der Waals surface area contributed by atoms with Gasteiger partial charge >= 0.3 is 5.97 Å². The lowest BCUT2D eigenvalue weighted by molar-refractivity contribution is -0.138. The van der Waals surface area contributed by atoms with Crippen molar-refractivity contribution in [1.82, 2.24) is 0 Å². The molecule has 2 unspecified atom stereocenters. The van der Waals surface area contributed by atoms with Crippen molar-refractivity contribution in [3.05, 3.63) is 0 Å². The van der Waals surface area contributed by atoms with Gasteiger partial charge < -0.3 is 33.5 Å². The zero-order valence-corrected chi connectivity index (χ0v) is 17.3. The van der Waals surface area contributed by atoms with Crippen LogP contribution in [-0.4, -0.2) is 90.4 Å². The molecule has 0 amide bonds. The molecule has 2 atom stereocenters. The fourth-order valence-electron chi connectivity index (χ4n) is 2.76. The summed E-state index contributed by atoms with van der Waals surface area (Å²) in [6, 6.07) is 0. The Hall–Kier alpha value is -0.770. The van der Waals surface area contributed by atoms with Gasteiger partial charge in [0.05, 0.1) is 79.1 Å². The summed E-state index contributed by atoms with van der Waals surface area (Å²) in [5.41, 5.74) is 0. The van der Waals surface area contributed by atoms with Crippen LogP contribution < -0.4 is 0 Å². The van der Waals surface area contributed by atoms with E-state index in [-0.39, 0.29) is 13.0 Å². The van der Waals surface area contributed by atoms with Crippen LogP contribution in [0.4, 0.5) is 0 Å². The van der Waals surface area contributed by atoms with E-state index in [4.69, 9.17) is 33.5 Å². The van der Waals surface area contributed by atoms with E-state index < -0.39 is 5.97 Å². The number of hydrogen-bond donors (Lipinski definition) is 1. The summed E-state index contributed by atoms with van der Waals surface area (Å²) in [6.07, 6.45) is 3.93. The van der Waals surface area contributed by atoms with Crippen LogP contribution in [0.25, 0.3) is 0 Å². The Balaban J connectivity index is 1.63. The summed E-state index contributed by atoms with van der Waals surface area (Å²) < 4.78 is 32.2. The fraction of sp³-hybridized carbons (Fsp3) is 0.950. The largest absolute Gasteiger partial charge is 0.481 e. The minimum Gasteiger partial charge on any atom is -0.481 e. The summed E-state index contributed by atoms with van der Waals surface area (Å²) in [4.78, 5) is 10.3. The average molecular weight is 407 g/mol. The van der Waals surface area contributed by atoms with E-state index in [0.29, 0.717) is 66.1 Å². The summed E-state index contributed by atoms with van der Waals surface area (Å²) in [5.74, 6) is 0.888. The van der Waals surface area contributed by atoms with E-state index in [1.807, 2.05) is 0 Å². The number of hydrogen-bond acceptors (Lipinski definition) is 7. The van der Waals surface area contributed by atoms with Gasteiger partial charge in [0.15, 0.2) is 0 Å². The Bertz CT molecular complexity index is 366. The van der Waals surface area contributed by atoms with E-state index in [0.717, 1.165) is 18.4 Å². The minimum absolute atomic E-state index is 0.0156. The molecule has 0 bridgehead atoms. The van der Waals surface area contributed by atoms with Gasteiger partial charge in [-0.05, 0) is 24.7 Å². The molecule has 0 spiro atoms. The van der Waals surface area contributed by atoms with E-state index in [1.54, 1.807) is 0 Å². The number of aliphatic carboxylic acids is 1. The van der Waals surface area contributed by atoms with Crippen molar-refractivity contribution < 1.29 is 38.3 Å². The lowest BCUT2D eigenvalue weighted by Crippen LogP contribution is -2.24. The molecule has 0 aromatic heterocycles. The molecule has 28 heavy (non-hydrogen) atoms. The SMILES string of the molecule is CC1CCC1CCOCCOCCOCCOCCOCCOCCC(=O)O. The van der Waals surface area contributed by atoms with Gasteiger partial charge in [-0.2, -0.15) is 0 Å². The third kappa shape index (κ3) is 15.2. The first-order chi connectivity index (χ1) is 13.7. The summed E-state index contributed by atoms with van der Waals surface area (Å²) >= 11 is 0. The molecule has 0 radical (unpaired) electrons. The first kappa shape index (κ1) is 25.3. The molecule has 0 saturated heterocycles. The highest BCUT2D eigenvalue weighted by atomic mass is 16.6. The van der Waals surface area contributed by atoms with Crippen LogP contribution in [0.1, 0.15) is 32.6 Å². The summed E-state index contributed by atoms with van der Waals surface area (Å²) in [6.45, 7) is 8.57. The Morgan fingerprint density at radius 2 is 1.07 bits per heavy atom. The van der Waals surface area contributed by atoms with Gasteiger partial charge in [0, 0.05) is 6.61 Å². The highest BCUT2D eigenvalue weighted by molar-refractivity contribution is 5.66. The third-order valence-electron chi connectivity index (χ3n) is 4.75. The molecule has 0 heterocycles. The van der Waals surface area contributed by atoms with Gasteiger partial charge in [-0.25, -0.2) is 0 Å². The van der Waals surface area contributed by atoms with Crippen molar-refractivity contribution in [2.24, 2.45) is 11.8 Å². The molecule has 8 heteroatoms. The second kappa shape index (κ2) is 18.3. The fourth-order valence-corrected chi connectivity index (χ4v) is 2.76. The zero-order valence-electron chi connectivity index (χ0n) is 17.3. The third-order valence-corrected chi connectivity index (χ3v) is 4.75. The van der Waals surface area contributed by atoms with Gasteiger partial charge in [-0.3, -0.25) is 4.79 Å². The van der Waals surface area contributed by atoms with Crippen LogP contribution in [0.15, 0.2) is 0 Å². The predicted octanol–water partition coefficient (Wildman–Crippen LogP) is 2.00. The molecule has 0 aromatic carbocycles. The Morgan fingerprint density at radius 3 is 1.39 bits per heavy atom. The molecule has 8 nitrogen and oxygen atoms in total. The van der Waals surface area contributed by atoms with E-state index in [9.17, 15) is 4.79 Å². The monoisotopic (exact) mass is 406 g/mol. The maximum atomic E-state index is 10.3. The van der Waals surface area contributed by atoms with Crippen molar-refractivity contribution in [2.45, 2.75) is 32.6 Å². The topological polar surface area (TPSA) is 92.7 Å². The molecule has 1 N–H and O–H groups in total. The average Bonchev–Trinajstić information content (AvgIpc) is 2.67. The van der Waals surface area contributed by atoms with Crippen molar-refractivity contribution in [3.63, 3.8) is 0 Å². The van der Waals surface area contributed by atoms with E-state index in [2.05, 4.69) is 6.92 Å². The first-order valence-corrected chi connectivity index (χ1v) is 10.4. The van der Waals surface area contributed by atoms with E-state index in [1.165, 1.54) is 19.3 Å². The number of carboxylic acid groups (broad SMARTS) is 1. The lowest BCUT2D eigenvalue weighted by Gasteiger charge is -2.33. The van der Waals surface area contributed by atoms with Gasteiger partial charge in [0.25, 0.3) is 0 Å². The molecule has 0 aromatic rings. The van der Waals surface area contributed by atoms with Crippen LogP contribution in [0.3, 0.4) is 0 Å². The van der Waals surface area contributed by atoms with Crippen molar-refractivity contribution >= 4 is 5.97 Å². The molecule has 1 saturated carbocycles.